The van der Waals surface area contributed by atoms with Gasteiger partial charge in [-0.1, -0.05) is 47.5 Å². The Hall–Kier alpha value is -1.71. The molecule has 0 fully saturated rings. The largest absolute Gasteiger partial charge is 0.479 e. The molecule has 0 bridgehead atoms. The number of para-hydroxylation sites is 1. The summed E-state index contributed by atoms with van der Waals surface area (Å²) in [4.78, 5) is 12.2. The Balaban J connectivity index is 1.98. The molecule has 116 valence electrons. The molecule has 0 radical (unpaired) electrons. The van der Waals surface area contributed by atoms with Gasteiger partial charge in [0.2, 0.25) is 0 Å². The van der Waals surface area contributed by atoms with Crippen molar-refractivity contribution >= 4 is 29.1 Å². The maximum absolute atomic E-state index is 12.2. The number of carbonyl (C=O) groups is 1. The molecule has 2 rings (SSSR count). The number of benzene rings is 2. The Morgan fingerprint density at radius 1 is 1.09 bits per heavy atom. The summed E-state index contributed by atoms with van der Waals surface area (Å²) in [5.74, 6) is 0.273. The summed E-state index contributed by atoms with van der Waals surface area (Å²) in [7, 11) is 0. The maximum atomic E-state index is 12.2. The lowest BCUT2D eigenvalue weighted by Crippen LogP contribution is -2.37. The van der Waals surface area contributed by atoms with Gasteiger partial charge in [-0.15, -0.1) is 0 Å². The molecule has 2 atom stereocenters. The highest BCUT2D eigenvalue weighted by Gasteiger charge is 2.18. The van der Waals surface area contributed by atoms with E-state index in [-0.39, 0.29) is 11.9 Å². The van der Waals surface area contributed by atoms with Crippen molar-refractivity contribution in [3.8, 4) is 5.75 Å². The van der Waals surface area contributed by atoms with E-state index in [1.165, 1.54) is 0 Å². The van der Waals surface area contributed by atoms with Crippen LogP contribution in [0.1, 0.15) is 25.5 Å². The average Bonchev–Trinajstić information content (AvgIpc) is 2.49. The van der Waals surface area contributed by atoms with E-state index in [1.54, 1.807) is 37.3 Å². The van der Waals surface area contributed by atoms with E-state index in [0.29, 0.717) is 15.8 Å². The second-order valence-electron chi connectivity index (χ2n) is 4.98. The summed E-state index contributed by atoms with van der Waals surface area (Å²) in [6.45, 7) is 3.58. The van der Waals surface area contributed by atoms with Gasteiger partial charge in [-0.2, -0.15) is 0 Å². The molecular formula is C17H17Cl2NO2. The monoisotopic (exact) mass is 337 g/mol. The van der Waals surface area contributed by atoms with Crippen LogP contribution in [0.3, 0.4) is 0 Å². The van der Waals surface area contributed by atoms with Crippen molar-refractivity contribution < 1.29 is 9.53 Å². The minimum absolute atomic E-state index is 0.163. The molecule has 0 spiro atoms. The van der Waals surface area contributed by atoms with Gasteiger partial charge in [0, 0.05) is 5.02 Å². The van der Waals surface area contributed by atoms with Gasteiger partial charge in [0.05, 0.1) is 11.1 Å². The third-order valence-electron chi connectivity index (χ3n) is 3.22. The first kappa shape index (κ1) is 16.7. The van der Waals surface area contributed by atoms with Gasteiger partial charge >= 0.3 is 0 Å². The van der Waals surface area contributed by atoms with Crippen LogP contribution in [-0.2, 0) is 4.79 Å². The van der Waals surface area contributed by atoms with Crippen LogP contribution in [0.25, 0.3) is 0 Å². The van der Waals surface area contributed by atoms with Crippen molar-refractivity contribution in [2.45, 2.75) is 26.0 Å². The Kier molecular flexibility index (Phi) is 5.69. The van der Waals surface area contributed by atoms with Crippen LogP contribution in [0.2, 0.25) is 10.0 Å². The molecule has 2 aromatic rings. The fourth-order valence-corrected chi connectivity index (χ4v) is 2.35. The summed E-state index contributed by atoms with van der Waals surface area (Å²) >= 11 is 12.0. The molecule has 3 nitrogen and oxygen atoms in total. The maximum Gasteiger partial charge on any atom is 0.261 e. The van der Waals surface area contributed by atoms with Gasteiger partial charge in [-0.3, -0.25) is 4.79 Å². The van der Waals surface area contributed by atoms with Crippen molar-refractivity contribution in [1.29, 1.82) is 0 Å². The van der Waals surface area contributed by atoms with E-state index >= 15 is 0 Å². The van der Waals surface area contributed by atoms with Crippen LogP contribution in [-0.4, -0.2) is 12.0 Å². The number of hydrogen-bond acceptors (Lipinski definition) is 2. The van der Waals surface area contributed by atoms with E-state index in [9.17, 15) is 4.79 Å². The van der Waals surface area contributed by atoms with Gasteiger partial charge in [0.25, 0.3) is 5.91 Å². The first-order valence-corrected chi connectivity index (χ1v) is 7.70. The minimum Gasteiger partial charge on any atom is -0.479 e. The SMILES string of the molecule is CC(Oc1ccccc1Cl)C(=O)NC(C)c1cccc(Cl)c1. The van der Waals surface area contributed by atoms with E-state index in [2.05, 4.69) is 5.32 Å². The molecule has 2 unspecified atom stereocenters. The van der Waals surface area contributed by atoms with Gasteiger partial charge < -0.3 is 10.1 Å². The number of rotatable bonds is 5. The number of hydrogen-bond donors (Lipinski definition) is 1. The molecule has 1 N–H and O–H groups in total. The normalized spacial score (nSPS) is 13.3. The highest BCUT2D eigenvalue weighted by Crippen LogP contribution is 2.24. The number of nitrogens with one attached hydrogen (secondary N) is 1. The minimum atomic E-state index is -0.651. The molecule has 0 saturated heterocycles. The van der Waals surface area contributed by atoms with Crippen LogP contribution in [0.5, 0.6) is 5.75 Å². The highest BCUT2D eigenvalue weighted by atomic mass is 35.5. The van der Waals surface area contributed by atoms with Crippen molar-refractivity contribution in [1.82, 2.24) is 5.32 Å². The Bertz CT molecular complexity index is 661. The third kappa shape index (κ3) is 4.39. The molecule has 0 aromatic heterocycles. The standard InChI is InChI=1S/C17H17Cl2NO2/c1-11(13-6-5-7-14(18)10-13)20-17(21)12(2)22-16-9-4-3-8-15(16)19/h3-12H,1-2H3,(H,20,21). The highest BCUT2D eigenvalue weighted by molar-refractivity contribution is 6.32. The third-order valence-corrected chi connectivity index (χ3v) is 3.76. The molecular weight excluding hydrogens is 321 g/mol. The second kappa shape index (κ2) is 7.52. The average molecular weight is 338 g/mol. The Morgan fingerprint density at radius 2 is 1.82 bits per heavy atom. The van der Waals surface area contributed by atoms with Crippen LogP contribution in [0.15, 0.2) is 48.5 Å². The predicted molar refractivity (Wildman–Crippen MR) is 89.6 cm³/mol. The van der Waals surface area contributed by atoms with Crippen molar-refractivity contribution in [2.24, 2.45) is 0 Å². The number of halogens is 2. The van der Waals surface area contributed by atoms with Crippen LogP contribution < -0.4 is 10.1 Å². The first-order chi connectivity index (χ1) is 10.5. The summed E-state index contributed by atoms with van der Waals surface area (Å²) < 4.78 is 5.60. The zero-order valence-electron chi connectivity index (χ0n) is 12.3. The lowest BCUT2D eigenvalue weighted by atomic mass is 10.1. The van der Waals surface area contributed by atoms with Crippen molar-refractivity contribution in [3.63, 3.8) is 0 Å². The lowest BCUT2D eigenvalue weighted by Gasteiger charge is -2.19. The molecule has 0 aliphatic heterocycles. The second-order valence-corrected chi connectivity index (χ2v) is 5.82. The molecule has 0 heterocycles. The van der Waals surface area contributed by atoms with E-state index in [0.717, 1.165) is 5.56 Å². The predicted octanol–water partition coefficient (Wildman–Crippen LogP) is 4.64. The fourth-order valence-electron chi connectivity index (χ4n) is 1.97. The first-order valence-electron chi connectivity index (χ1n) is 6.94. The van der Waals surface area contributed by atoms with Crippen molar-refractivity contribution in [3.05, 3.63) is 64.1 Å². The topological polar surface area (TPSA) is 38.3 Å². The summed E-state index contributed by atoms with van der Waals surface area (Å²) in [5, 5.41) is 4.01. The fraction of sp³-hybridized carbons (Fsp3) is 0.235. The van der Waals surface area contributed by atoms with Crippen LogP contribution in [0.4, 0.5) is 0 Å². The summed E-state index contributed by atoms with van der Waals surface area (Å²) in [6.07, 6.45) is -0.651. The zero-order valence-corrected chi connectivity index (χ0v) is 13.9. The molecule has 0 saturated carbocycles. The van der Waals surface area contributed by atoms with Gasteiger partial charge in [-0.05, 0) is 43.7 Å². The molecule has 0 aliphatic rings. The van der Waals surface area contributed by atoms with E-state index in [1.807, 2.05) is 25.1 Å². The Morgan fingerprint density at radius 3 is 2.50 bits per heavy atom. The van der Waals surface area contributed by atoms with E-state index < -0.39 is 6.10 Å². The molecule has 22 heavy (non-hydrogen) atoms. The molecule has 2 aromatic carbocycles. The van der Waals surface area contributed by atoms with Crippen LogP contribution in [0, 0.1) is 0 Å². The molecule has 1 amide bonds. The zero-order chi connectivity index (χ0) is 16.1. The number of amides is 1. The summed E-state index contributed by atoms with van der Waals surface area (Å²) in [5.41, 5.74) is 0.936. The molecule has 5 heteroatoms. The molecule has 0 aliphatic carbocycles. The van der Waals surface area contributed by atoms with Gasteiger partial charge in [0.1, 0.15) is 5.75 Å². The smallest absolute Gasteiger partial charge is 0.261 e. The quantitative estimate of drug-likeness (QED) is 0.863. The van der Waals surface area contributed by atoms with E-state index in [4.69, 9.17) is 27.9 Å². The Labute approximate surface area is 140 Å². The summed E-state index contributed by atoms with van der Waals surface area (Å²) in [6, 6.07) is 14.3. The lowest BCUT2D eigenvalue weighted by molar-refractivity contribution is -0.127. The van der Waals surface area contributed by atoms with Gasteiger partial charge in [0.15, 0.2) is 6.10 Å². The number of carbonyl (C=O) groups excluding carboxylic acids is 1. The van der Waals surface area contributed by atoms with Crippen molar-refractivity contribution in [2.75, 3.05) is 0 Å². The number of ether oxygens (including phenoxy) is 1. The van der Waals surface area contributed by atoms with Crippen LogP contribution >= 0.6 is 23.2 Å². The van der Waals surface area contributed by atoms with Gasteiger partial charge in [-0.25, -0.2) is 0 Å².